The summed E-state index contributed by atoms with van der Waals surface area (Å²) in [6.07, 6.45) is 0.882. The number of morpholine rings is 1. The number of carbonyl (C=O) groups excluding carboxylic acids is 1. The molecule has 6 nitrogen and oxygen atoms in total. The lowest BCUT2D eigenvalue weighted by Gasteiger charge is -2.35. The lowest BCUT2D eigenvalue weighted by atomic mass is 10.1. The minimum Gasteiger partial charge on any atom is -0.372 e. The molecule has 1 aliphatic rings. The first-order chi connectivity index (χ1) is 15.4. The van der Waals surface area contributed by atoms with Gasteiger partial charge in [0.15, 0.2) is 5.96 Å². The van der Waals surface area contributed by atoms with E-state index in [1.54, 1.807) is 12.1 Å². The molecule has 0 bridgehead atoms. The first kappa shape index (κ1) is 23.7. The van der Waals surface area contributed by atoms with Gasteiger partial charge >= 0.3 is 0 Å². The number of guanidine groups is 1. The van der Waals surface area contributed by atoms with E-state index in [0.29, 0.717) is 31.7 Å². The SMILES string of the molecule is CCNC(=NCc1ccc(C(=O)N2CC(C)OC(C)C2)cc1)NCCc1ccc(F)cc1. The number of nitrogens with zero attached hydrogens (tertiary/aromatic N) is 2. The second-order valence-corrected chi connectivity index (χ2v) is 8.16. The minimum atomic E-state index is -0.224. The second kappa shape index (κ2) is 11.6. The normalized spacial score (nSPS) is 19.0. The molecule has 1 aliphatic heterocycles. The van der Waals surface area contributed by atoms with Gasteiger partial charge in [-0.15, -0.1) is 0 Å². The molecule has 7 heteroatoms. The maximum absolute atomic E-state index is 13.0. The fourth-order valence-corrected chi connectivity index (χ4v) is 3.77. The van der Waals surface area contributed by atoms with Crippen molar-refractivity contribution in [2.45, 2.75) is 45.9 Å². The molecule has 0 radical (unpaired) electrons. The number of hydrogen-bond acceptors (Lipinski definition) is 3. The molecule has 1 fully saturated rings. The van der Waals surface area contributed by atoms with E-state index in [1.165, 1.54) is 12.1 Å². The van der Waals surface area contributed by atoms with Crippen molar-refractivity contribution in [1.29, 1.82) is 0 Å². The van der Waals surface area contributed by atoms with Crippen LogP contribution in [0.25, 0.3) is 0 Å². The largest absolute Gasteiger partial charge is 0.372 e. The van der Waals surface area contributed by atoms with Crippen LogP contribution in [0.1, 0.15) is 42.3 Å². The van der Waals surface area contributed by atoms with Gasteiger partial charge in [-0.25, -0.2) is 9.38 Å². The van der Waals surface area contributed by atoms with Crippen LogP contribution in [0.3, 0.4) is 0 Å². The zero-order valence-electron chi connectivity index (χ0n) is 19.1. The third-order valence-corrected chi connectivity index (χ3v) is 5.29. The number of halogens is 1. The number of nitrogens with one attached hydrogen (secondary N) is 2. The monoisotopic (exact) mass is 440 g/mol. The van der Waals surface area contributed by atoms with Gasteiger partial charge < -0.3 is 20.3 Å². The first-order valence-corrected chi connectivity index (χ1v) is 11.2. The van der Waals surface area contributed by atoms with Gasteiger partial charge in [0.05, 0.1) is 18.8 Å². The summed E-state index contributed by atoms with van der Waals surface area (Å²) in [6, 6.07) is 14.2. The number of ether oxygens (including phenoxy) is 1. The van der Waals surface area contributed by atoms with Crippen molar-refractivity contribution in [2.75, 3.05) is 26.2 Å². The number of rotatable bonds is 7. The second-order valence-electron chi connectivity index (χ2n) is 8.16. The van der Waals surface area contributed by atoms with Gasteiger partial charge in [0.25, 0.3) is 5.91 Å². The van der Waals surface area contributed by atoms with E-state index in [-0.39, 0.29) is 23.9 Å². The molecule has 2 N–H and O–H groups in total. The van der Waals surface area contributed by atoms with Gasteiger partial charge in [0.1, 0.15) is 5.82 Å². The molecule has 2 aromatic carbocycles. The maximum Gasteiger partial charge on any atom is 0.254 e. The van der Waals surface area contributed by atoms with Crippen molar-refractivity contribution in [3.8, 4) is 0 Å². The van der Waals surface area contributed by atoms with Crippen LogP contribution >= 0.6 is 0 Å². The molecule has 0 saturated carbocycles. The molecular formula is C25H33FN4O2. The van der Waals surface area contributed by atoms with Crippen molar-refractivity contribution in [3.05, 3.63) is 71.0 Å². The highest BCUT2D eigenvalue weighted by atomic mass is 19.1. The Morgan fingerprint density at radius 2 is 1.66 bits per heavy atom. The predicted octanol–water partition coefficient (Wildman–Crippen LogP) is 3.37. The van der Waals surface area contributed by atoms with Crippen LogP contribution in [-0.4, -0.2) is 55.2 Å². The van der Waals surface area contributed by atoms with Crippen LogP contribution in [0.15, 0.2) is 53.5 Å². The first-order valence-electron chi connectivity index (χ1n) is 11.2. The molecule has 1 amide bonds. The zero-order chi connectivity index (χ0) is 22.9. The third kappa shape index (κ3) is 7.05. The van der Waals surface area contributed by atoms with Crippen molar-refractivity contribution in [3.63, 3.8) is 0 Å². The molecule has 32 heavy (non-hydrogen) atoms. The van der Waals surface area contributed by atoms with Crippen molar-refractivity contribution in [2.24, 2.45) is 4.99 Å². The van der Waals surface area contributed by atoms with E-state index in [0.717, 1.165) is 30.1 Å². The van der Waals surface area contributed by atoms with E-state index in [4.69, 9.17) is 4.74 Å². The highest BCUT2D eigenvalue weighted by Crippen LogP contribution is 2.15. The number of amides is 1. The zero-order valence-corrected chi connectivity index (χ0v) is 19.1. The predicted molar refractivity (Wildman–Crippen MR) is 125 cm³/mol. The molecule has 172 valence electrons. The topological polar surface area (TPSA) is 66.0 Å². The molecule has 0 aliphatic carbocycles. The molecule has 2 unspecified atom stereocenters. The number of hydrogen-bond donors (Lipinski definition) is 2. The molecule has 0 aromatic heterocycles. The van der Waals surface area contributed by atoms with Crippen molar-refractivity contribution in [1.82, 2.24) is 15.5 Å². The summed E-state index contributed by atoms with van der Waals surface area (Å²) in [7, 11) is 0. The highest BCUT2D eigenvalue weighted by Gasteiger charge is 2.26. The van der Waals surface area contributed by atoms with Crippen LogP contribution < -0.4 is 10.6 Å². The molecule has 0 spiro atoms. The molecule has 3 rings (SSSR count). The Hall–Kier alpha value is -2.93. The van der Waals surface area contributed by atoms with Gasteiger partial charge in [0.2, 0.25) is 0 Å². The number of carbonyl (C=O) groups is 1. The molecular weight excluding hydrogens is 407 g/mol. The molecule has 2 aromatic rings. The van der Waals surface area contributed by atoms with Gasteiger partial charge in [-0.05, 0) is 62.6 Å². The standard InChI is InChI=1S/C25H33FN4O2/c1-4-27-25(28-14-13-20-7-11-23(26)12-8-20)29-15-21-5-9-22(10-6-21)24(31)30-16-18(2)32-19(3)17-30/h5-12,18-19H,4,13-17H2,1-3H3,(H2,27,28,29). The lowest BCUT2D eigenvalue weighted by molar-refractivity contribution is -0.0586. The van der Waals surface area contributed by atoms with Gasteiger partial charge in [-0.1, -0.05) is 24.3 Å². The Labute approximate surface area is 189 Å². The van der Waals surface area contributed by atoms with E-state index >= 15 is 0 Å². The van der Waals surface area contributed by atoms with Gasteiger partial charge in [0, 0.05) is 31.7 Å². The summed E-state index contributed by atoms with van der Waals surface area (Å²) in [5.41, 5.74) is 2.78. The van der Waals surface area contributed by atoms with E-state index in [1.807, 2.05) is 49.9 Å². The number of benzene rings is 2. The highest BCUT2D eigenvalue weighted by molar-refractivity contribution is 5.94. The van der Waals surface area contributed by atoms with Crippen LogP contribution in [0.4, 0.5) is 4.39 Å². The summed E-state index contributed by atoms with van der Waals surface area (Å²) in [4.78, 5) is 19.3. The lowest BCUT2D eigenvalue weighted by Crippen LogP contribution is -2.48. The smallest absolute Gasteiger partial charge is 0.254 e. The maximum atomic E-state index is 13.0. The summed E-state index contributed by atoms with van der Waals surface area (Å²) in [5, 5.41) is 6.54. The third-order valence-electron chi connectivity index (χ3n) is 5.29. The van der Waals surface area contributed by atoms with E-state index in [9.17, 15) is 9.18 Å². The Morgan fingerprint density at radius 3 is 2.28 bits per heavy atom. The summed E-state index contributed by atoms with van der Waals surface area (Å²) < 4.78 is 18.7. The van der Waals surface area contributed by atoms with Gasteiger partial charge in [-0.2, -0.15) is 0 Å². The van der Waals surface area contributed by atoms with Crippen LogP contribution in [0.5, 0.6) is 0 Å². The van der Waals surface area contributed by atoms with Crippen molar-refractivity contribution < 1.29 is 13.9 Å². The van der Waals surface area contributed by atoms with E-state index in [2.05, 4.69) is 15.6 Å². The summed E-state index contributed by atoms with van der Waals surface area (Å²) in [5.74, 6) is 0.544. The average molecular weight is 441 g/mol. The Bertz CT molecular complexity index is 889. The average Bonchev–Trinajstić information content (AvgIpc) is 2.78. The fourth-order valence-electron chi connectivity index (χ4n) is 3.77. The fraction of sp³-hybridized carbons (Fsp3) is 0.440. The van der Waals surface area contributed by atoms with E-state index < -0.39 is 0 Å². The van der Waals surface area contributed by atoms with Gasteiger partial charge in [-0.3, -0.25) is 4.79 Å². The summed E-state index contributed by atoms with van der Waals surface area (Å²) >= 11 is 0. The Morgan fingerprint density at radius 1 is 1.03 bits per heavy atom. The molecule has 2 atom stereocenters. The Kier molecular flexibility index (Phi) is 8.62. The molecule has 1 heterocycles. The van der Waals surface area contributed by atoms with Crippen molar-refractivity contribution >= 4 is 11.9 Å². The molecule has 1 saturated heterocycles. The summed E-state index contributed by atoms with van der Waals surface area (Å²) in [6.45, 7) is 9.19. The minimum absolute atomic E-state index is 0.0397. The van der Waals surface area contributed by atoms with Crippen LogP contribution in [-0.2, 0) is 17.7 Å². The number of aliphatic imine (C=N–C) groups is 1. The van der Waals surface area contributed by atoms with Crippen LogP contribution in [0.2, 0.25) is 0 Å². The Balaban J connectivity index is 1.53. The quantitative estimate of drug-likeness (QED) is 0.512. The van der Waals surface area contributed by atoms with Crippen LogP contribution in [0, 0.1) is 5.82 Å².